The Morgan fingerprint density at radius 3 is 1.66 bits per heavy atom. The zero-order chi connectivity index (χ0) is 55.9. The van der Waals surface area contributed by atoms with Crippen LogP contribution in [0.2, 0.25) is 0 Å². The van der Waals surface area contributed by atoms with Gasteiger partial charge in [0.25, 0.3) is 0 Å². The molecular weight excluding hydrogens is 925 g/mol. The molecular formula is C77H104. The molecule has 7 aromatic rings. The summed E-state index contributed by atoms with van der Waals surface area (Å²) in [4.78, 5) is 0. The number of aryl methyl sites for hydroxylation is 2. The molecule has 2 atom stereocenters. The first kappa shape index (κ1) is 66.9. The Morgan fingerprint density at radius 1 is 0.558 bits per heavy atom. The summed E-state index contributed by atoms with van der Waals surface area (Å²) in [6.45, 7) is 38.4. The molecule has 2 aliphatic rings. The van der Waals surface area contributed by atoms with E-state index in [1.807, 2.05) is 54.5 Å². The summed E-state index contributed by atoms with van der Waals surface area (Å²) in [7, 11) is 0. The van der Waals surface area contributed by atoms with Crippen LogP contribution in [0, 0.1) is 31.1 Å². The summed E-state index contributed by atoms with van der Waals surface area (Å²) in [5, 5.41) is 0. The van der Waals surface area contributed by atoms with Gasteiger partial charge in [0.05, 0.1) is 0 Å². The summed E-state index contributed by atoms with van der Waals surface area (Å²) in [6.07, 6.45) is 17.8. The summed E-state index contributed by atoms with van der Waals surface area (Å²) in [6, 6.07) is 63.2. The fraction of sp³-hybridized carbons (Fsp3) is 0.377. The van der Waals surface area contributed by atoms with E-state index in [1.54, 1.807) is 22.3 Å². The van der Waals surface area contributed by atoms with Crippen LogP contribution >= 0.6 is 0 Å². The van der Waals surface area contributed by atoms with Crippen molar-refractivity contribution in [2.45, 2.75) is 173 Å². The lowest BCUT2D eigenvalue weighted by Gasteiger charge is -2.48. The Bertz CT molecular complexity index is 2690. The first-order valence-corrected chi connectivity index (χ1v) is 29.4. The first-order valence-electron chi connectivity index (χ1n) is 29.4. The van der Waals surface area contributed by atoms with Crippen molar-refractivity contribution >= 4 is 5.57 Å². The van der Waals surface area contributed by atoms with E-state index in [2.05, 4.69) is 243 Å². The predicted molar refractivity (Wildman–Crippen MR) is 349 cm³/mol. The van der Waals surface area contributed by atoms with Crippen molar-refractivity contribution in [1.29, 1.82) is 0 Å². The van der Waals surface area contributed by atoms with Crippen LogP contribution in [0.4, 0.5) is 0 Å². The van der Waals surface area contributed by atoms with Gasteiger partial charge >= 0.3 is 0 Å². The molecule has 0 saturated heterocycles. The fourth-order valence-electron chi connectivity index (χ4n) is 11.4. The van der Waals surface area contributed by atoms with Crippen molar-refractivity contribution in [1.82, 2.24) is 0 Å². The standard InChI is InChI=1S/C39H50.C15H14.C14H14.3C2H6.C2H4.CH4/c1-6-7-18-34-29(3)35(26-27-36(34)33-19-12-11-15-28(33)2)37-20-13-14-21-38(37)39(4,5)32-24-22-31(23-25-32)30-16-9-8-10-17-30;1-12(2)14-9-6-10-15(11-14)13-7-4-3-5-8-13;1-2-12-8-6-7-11-14(12)13-9-4-3-5-10-13;4*1-2;/h8-12,14-17,19,21,26-27,31-32,37-38H,6-7,13,18,20,22-25H2,1-5H3;3-11H,1H2,2H3;3-11H,2H2,1H3;3*1-2H3;1-2H2;1H4. The van der Waals surface area contributed by atoms with Crippen LogP contribution in [0.5, 0.6) is 0 Å². The maximum Gasteiger partial charge on any atom is -0.00881 e. The first-order chi connectivity index (χ1) is 37.1. The number of hydrogen-bond acceptors (Lipinski definition) is 0. The van der Waals surface area contributed by atoms with E-state index in [-0.39, 0.29) is 7.43 Å². The summed E-state index contributed by atoms with van der Waals surface area (Å²) >= 11 is 0. The second-order valence-electron chi connectivity index (χ2n) is 20.2. The quantitative estimate of drug-likeness (QED) is 0.107. The molecule has 0 heterocycles. The maximum atomic E-state index is 3.96. The minimum atomic E-state index is 0. The highest BCUT2D eigenvalue weighted by molar-refractivity contribution is 5.73. The van der Waals surface area contributed by atoms with Gasteiger partial charge in [-0.15, -0.1) is 13.2 Å². The molecule has 0 nitrogen and oxygen atoms in total. The minimum Gasteiger partial charge on any atom is -0.106 e. The van der Waals surface area contributed by atoms with Gasteiger partial charge in [-0.05, 0) is 186 Å². The van der Waals surface area contributed by atoms with Gasteiger partial charge in [0.1, 0.15) is 0 Å². The number of allylic oxidation sites excluding steroid dienone is 3. The second kappa shape index (κ2) is 36.7. The molecule has 1 saturated carbocycles. The Morgan fingerprint density at radius 2 is 1.09 bits per heavy atom. The molecule has 0 heteroatoms. The minimum absolute atomic E-state index is 0. The molecule has 77 heavy (non-hydrogen) atoms. The van der Waals surface area contributed by atoms with Gasteiger partial charge in [-0.3, -0.25) is 0 Å². The van der Waals surface area contributed by atoms with Crippen LogP contribution in [0.1, 0.15) is 186 Å². The van der Waals surface area contributed by atoms with Crippen LogP contribution in [0.25, 0.3) is 39.0 Å². The molecule has 0 aliphatic heterocycles. The molecule has 0 aromatic heterocycles. The van der Waals surface area contributed by atoms with Crippen molar-refractivity contribution in [3.63, 3.8) is 0 Å². The van der Waals surface area contributed by atoms with Gasteiger partial charge in [-0.25, -0.2) is 0 Å². The molecule has 2 aliphatic carbocycles. The second-order valence-corrected chi connectivity index (χ2v) is 20.2. The van der Waals surface area contributed by atoms with Gasteiger partial charge in [-0.1, -0.05) is 277 Å². The lowest BCUT2D eigenvalue weighted by molar-refractivity contribution is 0.0818. The smallest absolute Gasteiger partial charge is 0.00881 e. The molecule has 2 unspecified atom stereocenters. The van der Waals surface area contributed by atoms with Crippen LogP contribution in [0.15, 0.2) is 208 Å². The molecule has 0 N–H and O–H groups in total. The van der Waals surface area contributed by atoms with E-state index < -0.39 is 0 Å². The third-order valence-electron chi connectivity index (χ3n) is 15.5. The van der Waals surface area contributed by atoms with E-state index in [1.165, 1.54) is 108 Å². The lowest BCUT2D eigenvalue weighted by atomic mass is 9.57. The molecule has 0 spiro atoms. The highest BCUT2D eigenvalue weighted by Gasteiger charge is 2.43. The maximum absolute atomic E-state index is 3.96. The fourth-order valence-corrected chi connectivity index (χ4v) is 11.4. The average molecular weight is 1030 g/mol. The molecule has 412 valence electrons. The van der Waals surface area contributed by atoms with E-state index in [4.69, 9.17) is 0 Å². The predicted octanol–water partition coefficient (Wildman–Crippen LogP) is 24.2. The molecule has 7 aromatic carbocycles. The van der Waals surface area contributed by atoms with Crippen molar-refractivity contribution < 1.29 is 0 Å². The Kier molecular flexibility index (Phi) is 31.9. The van der Waals surface area contributed by atoms with Crippen LogP contribution in [-0.2, 0) is 12.8 Å². The van der Waals surface area contributed by atoms with Gasteiger partial charge in [0.15, 0.2) is 0 Å². The average Bonchev–Trinajstić information content (AvgIpc) is 3.50. The largest absolute Gasteiger partial charge is 0.106 e. The van der Waals surface area contributed by atoms with E-state index in [0.717, 1.165) is 23.8 Å². The zero-order valence-corrected chi connectivity index (χ0v) is 49.9. The summed E-state index contributed by atoms with van der Waals surface area (Å²) in [5.41, 5.74) is 19.8. The SMILES string of the molecule is C.C=C.C=C(C)c1cccc(-c2ccccc2)c1.CC.CC.CC.CCCCc1c(-c2ccccc2C)ccc(C2CCC=CC2C(C)(C)C2CCC(c3ccccc3)CC2)c1C.CCc1ccccc1-c1ccccc1. The van der Waals surface area contributed by atoms with E-state index in [9.17, 15) is 0 Å². The molecule has 0 bridgehead atoms. The Hall–Kier alpha value is -6.24. The number of benzene rings is 7. The van der Waals surface area contributed by atoms with E-state index in [0.29, 0.717) is 17.3 Å². The molecule has 9 rings (SSSR count). The van der Waals surface area contributed by atoms with Gasteiger partial charge in [0, 0.05) is 0 Å². The molecule has 0 radical (unpaired) electrons. The van der Waals surface area contributed by atoms with E-state index >= 15 is 0 Å². The number of unbranched alkanes of at least 4 members (excludes halogenated alkanes) is 1. The monoisotopic (exact) mass is 1030 g/mol. The molecule has 1 fully saturated rings. The summed E-state index contributed by atoms with van der Waals surface area (Å²) < 4.78 is 0. The van der Waals surface area contributed by atoms with Gasteiger partial charge in [-0.2, -0.15) is 0 Å². The number of rotatable bonds is 12. The third kappa shape index (κ3) is 19.0. The Labute approximate surface area is 474 Å². The van der Waals surface area contributed by atoms with Gasteiger partial charge < -0.3 is 0 Å². The van der Waals surface area contributed by atoms with Crippen molar-refractivity contribution in [3.8, 4) is 33.4 Å². The highest BCUT2D eigenvalue weighted by Crippen LogP contribution is 2.54. The zero-order valence-electron chi connectivity index (χ0n) is 49.9. The Balaban J connectivity index is 0.000000437. The lowest BCUT2D eigenvalue weighted by Crippen LogP contribution is -2.38. The van der Waals surface area contributed by atoms with Crippen LogP contribution < -0.4 is 0 Å². The van der Waals surface area contributed by atoms with Crippen molar-refractivity contribution in [2.75, 3.05) is 0 Å². The van der Waals surface area contributed by atoms with Crippen LogP contribution in [-0.4, -0.2) is 0 Å². The summed E-state index contributed by atoms with van der Waals surface area (Å²) in [5.74, 6) is 2.75. The van der Waals surface area contributed by atoms with Crippen molar-refractivity contribution in [3.05, 3.63) is 247 Å². The van der Waals surface area contributed by atoms with Crippen molar-refractivity contribution in [2.24, 2.45) is 17.3 Å². The number of hydrogen-bond donors (Lipinski definition) is 0. The van der Waals surface area contributed by atoms with Crippen LogP contribution in [0.3, 0.4) is 0 Å². The topological polar surface area (TPSA) is 0 Å². The van der Waals surface area contributed by atoms with Gasteiger partial charge in [0.2, 0.25) is 0 Å². The molecule has 0 amide bonds. The third-order valence-corrected chi connectivity index (χ3v) is 15.5. The highest BCUT2D eigenvalue weighted by atomic mass is 14.5. The normalized spacial score (nSPS) is 16.0.